The van der Waals surface area contributed by atoms with Crippen LogP contribution < -0.4 is 0 Å². The van der Waals surface area contributed by atoms with Gasteiger partial charge in [-0.15, -0.1) is 11.3 Å². The number of aromatic nitrogens is 1. The Hall–Kier alpha value is -1.69. The quantitative estimate of drug-likeness (QED) is 0.849. The molecule has 0 aromatic carbocycles. The molecule has 2 rings (SSSR count). The van der Waals surface area contributed by atoms with E-state index in [-0.39, 0.29) is 18.4 Å². The van der Waals surface area contributed by atoms with Gasteiger partial charge in [0, 0.05) is 30.5 Å². The van der Waals surface area contributed by atoms with E-state index >= 15 is 0 Å². The molecule has 2 heterocycles. The smallest absolute Gasteiger partial charge is 0.303 e. The van der Waals surface area contributed by atoms with Crippen LogP contribution >= 0.6 is 11.3 Å². The number of nitrogens with zero attached hydrogens (tertiary/aromatic N) is 2. The Bertz CT molecular complexity index is 539. The topological polar surface area (TPSA) is 70.5 Å². The van der Waals surface area contributed by atoms with Gasteiger partial charge in [0.15, 0.2) is 0 Å². The number of carboxylic acid groups (broad SMARTS) is 1. The van der Waals surface area contributed by atoms with Gasteiger partial charge in [0.05, 0.1) is 10.7 Å². The first-order valence-electron chi connectivity index (χ1n) is 7.19. The molecule has 0 aliphatic carbocycles. The number of aliphatic carboxylic acids is 1. The second-order valence-electron chi connectivity index (χ2n) is 5.24. The minimum atomic E-state index is -0.804. The van der Waals surface area contributed by atoms with E-state index in [1.165, 1.54) is 0 Å². The molecular weight excluding hydrogens is 288 g/mol. The molecule has 1 aromatic heterocycles. The number of amides is 1. The highest BCUT2D eigenvalue weighted by Gasteiger charge is 2.25. The molecule has 1 aliphatic rings. The molecule has 0 saturated carbocycles. The number of hydrogen-bond acceptors (Lipinski definition) is 4. The number of carboxylic acids is 1. The van der Waals surface area contributed by atoms with Crippen molar-refractivity contribution in [3.63, 3.8) is 0 Å². The van der Waals surface area contributed by atoms with Crippen molar-refractivity contribution in [1.29, 1.82) is 0 Å². The lowest BCUT2D eigenvalue weighted by Crippen LogP contribution is -2.43. The second-order valence-corrected chi connectivity index (χ2v) is 6.30. The number of carbonyl (C=O) groups is 2. The summed E-state index contributed by atoms with van der Waals surface area (Å²) in [4.78, 5) is 29.1. The molecule has 21 heavy (non-hydrogen) atoms. The van der Waals surface area contributed by atoms with E-state index in [1.54, 1.807) is 23.5 Å². The number of aryl methyl sites for hydroxylation is 1. The van der Waals surface area contributed by atoms with Crippen LogP contribution in [-0.2, 0) is 9.59 Å². The van der Waals surface area contributed by atoms with Gasteiger partial charge in [-0.3, -0.25) is 9.59 Å². The molecule has 0 bridgehead atoms. The van der Waals surface area contributed by atoms with Gasteiger partial charge >= 0.3 is 5.97 Å². The maximum atomic E-state index is 12.3. The fourth-order valence-electron chi connectivity index (χ4n) is 2.59. The predicted molar refractivity (Wildman–Crippen MR) is 82.1 cm³/mol. The SMILES string of the molecule is Cc1nc(/C=C\C(=O)N2CCCC[C@H]2CCC(=O)O)cs1. The normalized spacial score (nSPS) is 19.1. The number of thiazole rings is 1. The lowest BCUT2D eigenvalue weighted by molar-refractivity contribution is -0.138. The van der Waals surface area contributed by atoms with Crippen molar-refractivity contribution >= 4 is 29.3 Å². The molecule has 1 N–H and O–H groups in total. The highest BCUT2D eigenvalue weighted by molar-refractivity contribution is 7.09. The van der Waals surface area contributed by atoms with E-state index in [0.29, 0.717) is 13.0 Å². The summed E-state index contributed by atoms with van der Waals surface area (Å²) in [5, 5.41) is 11.7. The van der Waals surface area contributed by atoms with Crippen LogP contribution in [0.1, 0.15) is 42.8 Å². The van der Waals surface area contributed by atoms with Crippen LogP contribution in [0, 0.1) is 6.92 Å². The first-order chi connectivity index (χ1) is 10.1. The van der Waals surface area contributed by atoms with Gasteiger partial charge < -0.3 is 10.0 Å². The van der Waals surface area contributed by atoms with Gasteiger partial charge in [0.2, 0.25) is 5.91 Å². The summed E-state index contributed by atoms with van der Waals surface area (Å²) in [6.07, 6.45) is 6.86. The van der Waals surface area contributed by atoms with E-state index in [9.17, 15) is 9.59 Å². The summed E-state index contributed by atoms with van der Waals surface area (Å²) in [5.41, 5.74) is 0.796. The van der Waals surface area contributed by atoms with Crippen LogP contribution in [0.5, 0.6) is 0 Å². The monoisotopic (exact) mass is 308 g/mol. The molecule has 5 nitrogen and oxygen atoms in total. The van der Waals surface area contributed by atoms with Crippen molar-refractivity contribution in [3.05, 3.63) is 22.2 Å². The van der Waals surface area contributed by atoms with E-state index in [2.05, 4.69) is 4.98 Å². The largest absolute Gasteiger partial charge is 0.481 e. The van der Waals surface area contributed by atoms with Crippen molar-refractivity contribution in [2.24, 2.45) is 0 Å². The van der Waals surface area contributed by atoms with Gasteiger partial charge in [-0.2, -0.15) is 0 Å². The standard InChI is InChI=1S/C15H20N2O3S/c1-11-16-12(10-21-11)5-7-14(18)17-9-3-2-4-13(17)6-8-15(19)20/h5,7,10,13H,2-4,6,8-9H2,1H3,(H,19,20)/b7-5-/t13-/m0/s1. The molecule has 1 atom stereocenters. The van der Waals surface area contributed by atoms with Crippen molar-refractivity contribution in [3.8, 4) is 0 Å². The maximum absolute atomic E-state index is 12.3. The van der Waals surface area contributed by atoms with Gasteiger partial charge in [0.1, 0.15) is 0 Å². The van der Waals surface area contributed by atoms with Crippen LogP contribution in [0.4, 0.5) is 0 Å². The summed E-state index contributed by atoms with van der Waals surface area (Å²) in [5.74, 6) is -0.850. The van der Waals surface area contributed by atoms with Crippen LogP contribution in [0.3, 0.4) is 0 Å². The number of rotatable bonds is 5. The van der Waals surface area contributed by atoms with Crippen molar-refractivity contribution in [2.75, 3.05) is 6.54 Å². The molecule has 1 amide bonds. The maximum Gasteiger partial charge on any atom is 0.303 e. The predicted octanol–water partition coefficient (Wildman–Crippen LogP) is 2.71. The molecule has 0 radical (unpaired) electrons. The highest BCUT2D eigenvalue weighted by Crippen LogP contribution is 2.21. The zero-order chi connectivity index (χ0) is 15.2. The fraction of sp³-hybridized carbons (Fsp3) is 0.533. The average molecular weight is 308 g/mol. The summed E-state index contributed by atoms with van der Waals surface area (Å²) in [6, 6.07) is 0.0455. The van der Waals surface area contributed by atoms with Crippen LogP contribution in [0.2, 0.25) is 0 Å². The van der Waals surface area contributed by atoms with Crippen LogP contribution in [0.15, 0.2) is 11.5 Å². The Kier molecular flexibility index (Phi) is 5.50. The molecule has 114 valence electrons. The number of likely N-dealkylation sites (tertiary alicyclic amines) is 1. The number of carbonyl (C=O) groups excluding carboxylic acids is 1. The summed E-state index contributed by atoms with van der Waals surface area (Å²) in [7, 11) is 0. The molecule has 1 saturated heterocycles. The Balaban J connectivity index is 1.97. The van der Waals surface area contributed by atoms with Crippen LogP contribution in [0.25, 0.3) is 6.08 Å². The zero-order valence-electron chi connectivity index (χ0n) is 12.1. The average Bonchev–Trinajstić information content (AvgIpc) is 2.88. The molecule has 1 aliphatic heterocycles. The summed E-state index contributed by atoms with van der Waals surface area (Å²) < 4.78 is 0. The molecule has 6 heteroatoms. The third-order valence-corrected chi connectivity index (χ3v) is 4.43. The third-order valence-electron chi connectivity index (χ3n) is 3.64. The van der Waals surface area contributed by atoms with Gasteiger partial charge in [0.25, 0.3) is 0 Å². The molecule has 1 fully saturated rings. The molecular formula is C15H20N2O3S. The Morgan fingerprint density at radius 1 is 1.52 bits per heavy atom. The van der Waals surface area contributed by atoms with E-state index in [0.717, 1.165) is 30.0 Å². The van der Waals surface area contributed by atoms with Gasteiger partial charge in [-0.1, -0.05) is 0 Å². The fourth-order valence-corrected chi connectivity index (χ4v) is 3.17. The van der Waals surface area contributed by atoms with E-state index < -0.39 is 5.97 Å². The van der Waals surface area contributed by atoms with Crippen molar-refractivity contribution < 1.29 is 14.7 Å². The zero-order valence-corrected chi connectivity index (χ0v) is 12.9. The van der Waals surface area contributed by atoms with E-state index in [1.807, 2.05) is 17.2 Å². The lowest BCUT2D eigenvalue weighted by atomic mass is 9.98. The summed E-state index contributed by atoms with van der Waals surface area (Å²) >= 11 is 1.55. The third kappa shape index (κ3) is 4.67. The number of piperidine rings is 1. The highest BCUT2D eigenvalue weighted by atomic mass is 32.1. The Morgan fingerprint density at radius 3 is 3.00 bits per heavy atom. The molecule has 0 spiro atoms. The molecule has 0 unspecified atom stereocenters. The molecule has 1 aromatic rings. The van der Waals surface area contributed by atoms with Gasteiger partial charge in [-0.05, 0) is 38.7 Å². The first kappa shape index (κ1) is 15.7. The van der Waals surface area contributed by atoms with Crippen LogP contribution in [-0.4, -0.2) is 39.5 Å². The van der Waals surface area contributed by atoms with Crippen molar-refractivity contribution in [1.82, 2.24) is 9.88 Å². The lowest BCUT2D eigenvalue weighted by Gasteiger charge is -2.35. The minimum absolute atomic E-state index is 0.0455. The summed E-state index contributed by atoms with van der Waals surface area (Å²) in [6.45, 7) is 2.64. The second kappa shape index (κ2) is 7.36. The number of hydrogen-bond donors (Lipinski definition) is 1. The Labute approximate surface area is 128 Å². The van der Waals surface area contributed by atoms with E-state index in [4.69, 9.17) is 5.11 Å². The first-order valence-corrected chi connectivity index (χ1v) is 8.07. The van der Waals surface area contributed by atoms with Gasteiger partial charge in [-0.25, -0.2) is 4.98 Å². The Morgan fingerprint density at radius 2 is 2.33 bits per heavy atom. The minimum Gasteiger partial charge on any atom is -0.481 e. The van der Waals surface area contributed by atoms with Crippen molar-refractivity contribution in [2.45, 2.75) is 45.1 Å².